The molecule has 310 valence electrons. The summed E-state index contributed by atoms with van der Waals surface area (Å²) in [4.78, 5) is 39.6. The molecule has 0 heterocycles. The van der Waals surface area contributed by atoms with Gasteiger partial charge in [-0.2, -0.15) is 0 Å². The number of alkyl halides is 4. The highest BCUT2D eigenvalue weighted by Gasteiger charge is 2.25. The van der Waals surface area contributed by atoms with Gasteiger partial charge in [-0.05, 0) is 124 Å². The van der Waals surface area contributed by atoms with Gasteiger partial charge in [0.2, 0.25) is 0 Å². The van der Waals surface area contributed by atoms with Crippen molar-refractivity contribution in [1.82, 2.24) is 4.90 Å². The van der Waals surface area contributed by atoms with E-state index in [0.29, 0.717) is 37.6 Å². The summed E-state index contributed by atoms with van der Waals surface area (Å²) in [5, 5.41) is 0. The van der Waals surface area contributed by atoms with Crippen LogP contribution in [0.5, 0.6) is 0 Å². The molecule has 0 rings (SSSR count). The first-order chi connectivity index (χ1) is 25.1. The third kappa shape index (κ3) is 32.2. The molecular formula is C42H74F4NO5P. The smallest absolute Gasteiger partial charge is 0.306 e. The summed E-state index contributed by atoms with van der Waals surface area (Å²) < 4.78 is 66.3. The van der Waals surface area contributed by atoms with Crippen molar-refractivity contribution in [3.63, 3.8) is 0 Å². The van der Waals surface area contributed by atoms with Gasteiger partial charge in [0.1, 0.15) is 12.2 Å². The fourth-order valence-corrected chi connectivity index (χ4v) is 8.23. The second-order valence-corrected chi connectivity index (χ2v) is 17.3. The SMILES string of the molecule is CCCCCC(F)(F)/C=C\C(C)OC(=O)CCCCCCCP(CCCCCCCC(=O)OC(C)/C=C\C(F)(F)CCCCC)C(=O)CCCN(C)C. The molecule has 0 N–H and O–H groups in total. The molecule has 0 amide bonds. The van der Waals surface area contributed by atoms with Gasteiger partial charge in [-0.15, -0.1) is 0 Å². The third-order valence-electron chi connectivity index (χ3n) is 9.05. The maximum absolute atomic E-state index is 13.9. The van der Waals surface area contributed by atoms with Crippen molar-refractivity contribution in [2.45, 2.75) is 193 Å². The molecule has 0 radical (unpaired) electrons. The molecule has 53 heavy (non-hydrogen) atoms. The molecule has 0 aliphatic heterocycles. The second kappa shape index (κ2) is 31.4. The standard InChI is InChI=1S/C42H74F4NO5P/c1-7-9-19-29-41(43,44)31-27-36(3)51-38(48)24-17-13-11-15-21-34-53(40(50)26-23-33-47(5)6)35-22-16-12-14-18-25-39(49)52-37(4)28-32-42(45,46)30-20-10-8-2/h27-28,31-32,36-37H,7-26,29-30,33-35H2,1-6H3/b31-27-,32-28-. The number of hydrogen-bond acceptors (Lipinski definition) is 6. The van der Waals surface area contributed by atoms with Crippen LogP contribution in [-0.2, 0) is 23.9 Å². The Bertz CT molecular complexity index is 957. The van der Waals surface area contributed by atoms with E-state index in [0.717, 1.165) is 114 Å². The number of unbranched alkanes of at least 4 members (excludes halogenated alkanes) is 12. The summed E-state index contributed by atoms with van der Waals surface area (Å²) in [6, 6.07) is 0. The quantitative estimate of drug-likeness (QED) is 0.0210. The van der Waals surface area contributed by atoms with Gasteiger partial charge >= 0.3 is 11.9 Å². The first-order valence-electron chi connectivity index (χ1n) is 20.6. The molecule has 0 fully saturated rings. The molecule has 0 aromatic carbocycles. The van der Waals surface area contributed by atoms with Gasteiger partial charge in [0.05, 0.1) is 0 Å². The molecule has 0 saturated carbocycles. The summed E-state index contributed by atoms with van der Waals surface area (Å²) in [6.07, 6.45) is 19.6. The van der Waals surface area contributed by atoms with Crippen LogP contribution in [0.3, 0.4) is 0 Å². The van der Waals surface area contributed by atoms with Gasteiger partial charge in [-0.3, -0.25) is 14.4 Å². The van der Waals surface area contributed by atoms with Gasteiger partial charge < -0.3 is 14.4 Å². The Balaban J connectivity index is 4.39. The topological polar surface area (TPSA) is 72.9 Å². The maximum Gasteiger partial charge on any atom is 0.306 e. The van der Waals surface area contributed by atoms with Crippen molar-refractivity contribution in [2.75, 3.05) is 33.0 Å². The number of ether oxygens (including phenoxy) is 2. The van der Waals surface area contributed by atoms with Crippen molar-refractivity contribution in [3.05, 3.63) is 24.3 Å². The number of hydrogen-bond donors (Lipinski definition) is 0. The zero-order chi connectivity index (χ0) is 40.0. The number of halogens is 4. The van der Waals surface area contributed by atoms with Crippen molar-refractivity contribution < 1.29 is 41.4 Å². The summed E-state index contributed by atoms with van der Waals surface area (Å²) in [5.74, 6) is -6.51. The fraction of sp³-hybridized carbons (Fsp3) is 0.833. The van der Waals surface area contributed by atoms with Crippen LogP contribution in [0, 0.1) is 0 Å². The van der Waals surface area contributed by atoms with E-state index in [4.69, 9.17) is 9.47 Å². The molecule has 2 unspecified atom stereocenters. The number of nitrogens with zero attached hydrogens (tertiary/aromatic N) is 1. The predicted molar refractivity (Wildman–Crippen MR) is 212 cm³/mol. The van der Waals surface area contributed by atoms with Crippen LogP contribution in [0.15, 0.2) is 24.3 Å². The minimum atomic E-state index is -2.88. The Morgan fingerprint density at radius 2 is 0.981 bits per heavy atom. The van der Waals surface area contributed by atoms with Crippen LogP contribution in [0.25, 0.3) is 0 Å². The molecule has 11 heteroatoms. The Morgan fingerprint density at radius 1 is 0.585 bits per heavy atom. The van der Waals surface area contributed by atoms with E-state index >= 15 is 0 Å². The number of allylic oxidation sites excluding steroid dienone is 2. The molecule has 0 spiro atoms. The van der Waals surface area contributed by atoms with Gasteiger partial charge in [0, 0.05) is 32.1 Å². The normalized spacial score (nSPS) is 14.2. The summed E-state index contributed by atoms with van der Waals surface area (Å²) in [5.41, 5.74) is 0.399. The van der Waals surface area contributed by atoms with Crippen molar-refractivity contribution in [1.29, 1.82) is 0 Å². The Kier molecular flexibility index (Phi) is 30.3. The van der Waals surface area contributed by atoms with Crippen molar-refractivity contribution in [2.24, 2.45) is 0 Å². The van der Waals surface area contributed by atoms with Crippen LogP contribution in [0.4, 0.5) is 17.6 Å². The highest BCUT2D eigenvalue weighted by atomic mass is 31.1. The minimum Gasteiger partial charge on any atom is -0.458 e. The van der Waals surface area contributed by atoms with E-state index in [1.807, 2.05) is 27.9 Å². The number of esters is 2. The number of carbonyl (C=O) groups is 3. The molecule has 0 aromatic heterocycles. The van der Waals surface area contributed by atoms with Crippen molar-refractivity contribution in [3.8, 4) is 0 Å². The summed E-state index contributed by atoms with van der Waals surface area (Å²) in [7, 11) is 3.32. The fourth-order valence-electron chi connectivity index (χ4n) is 5.82. The van der Waals surface area contributed by atoms with E-state index in [1.165, 1.54) is 12.2 Å². The number of carbonyl (C=O) groups excluding carboxylic acids is 3. The van der Waals surface area contributed by atoms with Gasteiger partial charge in [-0.1, -0.05) is 78.1 Å². The van der Waals surface area contributed by atoms with E-state index in [9.17, 15) is 31.9 Å². The zero-order valence-corrected chi connectivity index (χ0v) is 35.0. The lowest BCUT2D eigenvalue weighted by Crippen LogP contribution is -2.16. The first-order valence-corrected chi connectivity index (χ1v) is 22.3. The van der Waals surface area contributed by atoms with E-state index in [-0.39, 0.29) is 37.6 Å². The van der Waals surface area contributed by atoms with E-state index in [2.05, 4.69) is 4.90 Å². The molecule has 6 nitrogen and oxygen atoms in total. The summed E-state index contributed by atoms with van der Waals surface area (Å²) in [6.45, 7) is 8.03. The molecular weight excluding hydrogens is 705 g/mol. The van der Waals surface area contributed by atoms with Gasteiger partial charge in [0.25, 0.3) is 11.8 Å². The lowest BCUT2D eigenvalue weighted by molar-refractivity contribution is -0.147. The third-order valence-corrected chi connectivity index (χ3v) is 11.7. The van der Waals surface area contributed by atoms with Crippen LogP contribution in [-0.4, -0.2) is 79.4 Å². The average Bonchev–Trinajstić information content (AvgIpc) is 3.08. The number of rotatable bonds is 35. The lowest BCUT2D eigenvalue weighted by atomic mass is 10.1. The maximum atomic E-state index is 13.9. The Morgan fingerprint density at radius 3 is 1.38 bits per heavy atom. The highest BCUT2D eigenvalue weighted by Crippen LogP contribution is 2.41. The van der Waals surface area contributed by atoms with Crippen LogP contribution in [0.1, 0.15) is 169 Å². The molecule has 0 aliphatic rings. The molecule has 2 atom stereocenters. The van der Waals surface area contributed by atoms with Gasteiger partial charge in [-0.25, -0.2) is 17.6 Å². The van der Waals surface area contributed by atoms with Crippen molar-refractivity contribution >= 4 is 25.4 Å². The predicted octanol–water partition coefficient (Wildman–Crippen LogP) is 12.4. The Hall–Kier alpha value is -1.80. The second-order valence-electron chi connectivity index (χ2n) is 14.9. The van der Waals surface area contributed by atoms with E-state index < -0.39 is 32.0 Å². The molecule has 0 aliphatic carbocycles. The minimum absolute atomic E-state index is 0.193. The Labute approximate surface area is 321 Å². The highest BCUT2D eigenvalue weighted by molar-refractivity contribution is 7.74. The average molecular weight is 780 g/mol. The first kappa shape index (κ1) is 51.2. The largest absolute Gasteiger partial charge is 0.458 e. The van der Waals surface area contributed by atoms with Crippen LogP contribution < -0.4 is 0 Å². The van der Waals surface area contributed by atoms with E-state index in [1.54, 1.807) is 13.8 Å². The summed E-state index contributed by atoms with van der Waals surface area (Å²) >= 11 is 0. The zero-order valence-electron chi connectivity index (χ0n) is 34.1. The molecule has 0 bridgehead atoms. The van der Waals surface area contributed by atoms with Crippen LogP contribution >= 0.6 is 7.92 Å². The lowest BCUT2D eigenvalue weighted by Gasteiger charge is -2.17. The monoisotopic (exact) mass is 780 g/mol. The van der Waals surface area contributed by atoms with Gasteiger partial charge in [0.15, 0.2) is 5.52 Å². The molecule has 0 saturated heterocycles. The molecule has 0 aromatic rings. The van der Waals surface area contributed by atoms with Crippen LogP contribution in [0.2, 0.25) is 0 Å².